The van der Waals surface area contributed by atoms with Crippen molar-refractivity contribution in [2.45, 2.75) is 31.5 Å². The number of benzene rings is 1. The van der Waals surface area contributed by atoms with Crippen LogP contribution in [0.2, 0.25) is 0 Å². The number of nitrogens with one attached hydrogen (secondary N) is 1. The Bertz CT molecular complexity index is 462. The topological polar surface area (TPSA) is 35.8 Å². The quantitative estimate of drug-likeness (QED) is 0.871. The van der Waals surface area contributed by atoms with E-state index in [0.717, 1.165) is 25.3 Å². The first-order valence-corrected chi connectivity index (χ1v) is 5.85. The van der Waals surface area contributed by atoms with Gasteiger partial charge in [-0.15, -0.1) is 0 Å². The highest BCUT2D eigenvalue weighted by Gasteiger charge is 2.35. The van der Waals surface area contributed by atoms with Gasteiger partial charge in [0, 0.05) is 11.7 Å². The lowest BCUT2D eigenvalue weighted by molar-refractivity contribution is -0.137. The van der Waals surface area contributed by atoms with E-state index in [-0.39, 0.29) is 17.6 Å². The van der Waals surface area contributed by atoms with E-state index in [0.29, 0.717) is 0 Å². The van der Waals surface area contributed by atoms with Gasteiger partial charge in [0.05, 0.1) is 17.6 Å². The highest BCUT2D eigenvalue weighted by atomic mass is 19.4. The molecule has 2 unspecified atom stereocenters. The summed E-state index contributed by atoms with van der Waals surface area (Å²) in [5, 5.41) is 11.8. The molecule has 1 saturated carbocycles. The molecule has 1 aromatic carbocycles. The first-order chi connectivity index (χ1) is 8.52. The van der Waals surface area contributed by atoms with Gasteiger partial charge >= 0.3 is 6.18 Å². The molecule has 5 heteroatoms. The number of rotatable bonds is 2. The SMILES string of the molecule is N#CC1CCCC1Nc1ccccc1C(F)(F)F. The predicted molar refractivity (Wildman–Crippen MR) is 61.8 cm³/mol. The summed E-state index contributed by atoms with van der Waals surface area (Å²) in [6, 6.07) is 7.36. The Balaban J connectivity index is 2.22. The summed E-state index contributed by atoms with van der Waals surface area (Å²) in [5.41, 5.74) is -0.606. The van der Waals surface area contributed by atoms with E-state index in [2.05, 4.69) is 11.4 Å². The Labute approximate surface area is 103 Å². The molecule has 1 aliphatic carbocycles. The highest BCUT2D eigenvalue weighted by Crippen LogP contribution is 2.36. The van der Waals surface area contributed by atoms with E-state index in [1.165, 1.54) is 12.1 Å². The third-order valence-corrected chi connectivity index (χ3v) is 3.26. The summed E-state index contributed by atoms with van der Waals surface area (Å²) in [4.78, 5) is 0. The Morgan fingerprint density at radius 2 is 1.94 bits per heavy atom. The smallest absolute Gasteiger partial charge is 0.380 e. The average molecular weight is 254 g/mol. The average Bonchev–Trinajstić information content (AvgIpc) is 2.75. The number of nitriles is 1. The number of alkyl halides is 3. The van der Waals surface area contributed by atoms with Gasteiger partial charge in [-0.3, -0.25) is 0 Å². The van der Waals surface area contributed by atoms with Crippen molar-refractivity contribution in [2.75, 3.05) is 5.32 Å². The van der Waals surface area contributed by atoms with Gasteiger partial charge in [-0.2, -0.15) is 18.4 Å². The molecule has 1 fully saturated rings. The zero-order valence-corrected chi connectivity index (χ0v) is 9.67. The molecular weight excluding hydrogens is 241 g/mol. The molecule has 0 amide bonds. The lowest BCUT2D eigenvalue weighted by atomic mass is 10.0. The Hall–Kier alpha value is -1.70. The fourth-order valence-corrected chi connectivity index (χ4v) is 2.34. The van der Waals surface area contributed by atoms with Gasteiger partial charge in [0.25, 0.3) is 0 Å². The van der Waals surface area contributed by atoms with E-state index in [1.54, 1.807) is 6.07 Å². The van der Waals surface area contributed by atoms with E-state index in [9.17, 15) is 13.2 Å². The summed E-state index contributed by atoms with van der Waals surface area (Å²) in [5.74, 6) is -0.203. The molecule has 96 valence electrons. The zero-order chi connectivity index (χ0) is 13.2. The van der Waals surface area contributed by atoms with Crippen molar-refractivity contribution < 1.29 is 13.2 Å². The van der Waals surface area contributed by atoms with Gasteiger partial charge in [0.15, 0.2) is 0 Å². The molecule has 0 saturated heterocycles. The van der Waals surface area contributed by atoms with Crippen LogP contribution in [-0.4, -0.2) is 6.04 Å². The Kier molecular flexibility index (Phi) is 3.46. The molecule has 0 spiro atoms. The van der Waals surface area contributed by atoms with Gasteiger partial charge in [-0.25, -0.2) is 0 Å². The second-order valence-corrected chi connectivity index (χ2v) is 4.46. The molecule has 2 rings (SSSR count). The van der Waals surface area contributed by atoms with Crippen LogP contribution >= 0.6 is 0 Å². The molecule has 0 heterocycles. The molecule has 1 aromatic rings. The van der Waals surface area contributed by atoms with Crippen LogP contribution in [0.25, 0.3) is 0 Å². The largest absolute Gasteiger partial charge is 0.418 e. The standard InChI is InChI=1S/C13H13F3N2/c14-13(15,16)10-5-1-2-6-12(10)18-11-7-3-4-9(11)8-17/h1-2,5-6,9,11,18H,3-4,7H2. The third-order valence-electron chi connectivity index (χ3n) is 3.26. The number of nitrogens with zero attached hydrogens (tertiary/aromatic N) is 1. The highest BCUT2D eigenvalue weighted by molar-refractivity contribution is 5.53. The molecule has 1 N–H and O–H groups in total. The van der Waals surface area contributed by atoms with Crippen molar-refractivity contribution in [2.24, 2.45) is 5.92 Å². The molecule has 0 aromatic heterocycles. The molecule has 2 atom stereocenters. The molecule has 2 nitrogen and oxygen atoms in total. The minimum absolute atomic E-state index is 0.0668. The Morgan fingerprint density at radius 1 is 1.22 bits per heavy atom. The van der Waals surface area contributed by atoms with Crippen LogP contribution in [-0.2, 0) is 6.18 Å². The summed E-state index contributed by atoms with van der Waals surface area (Å²) in [7, 11) is 0. The van der Waals surface area contributed by atoms with E-state index in [4.69, 9.17) is 5.26 Å². The maximum absolute atomic E-state index is 12.8. The van der Waals surface area contributed by atoms with Gasteiger partial charge in [-0.05, 0) is 31.4 Å². The van der Waals surface area contributed by atoms with Crippen molar-refractivity contribution in [1.82, 2.24) is 0 Å². The third kappa shape index (κ3) is 2.58. The maximum atomic E-state index is 12.8. The number of para-hydroxylation sites is 1. The predicted octanol–water partition coefficient (Wildman–Crippen LogP) is 3.81. The van der Waals surface area contributed by atoms with Crippen LogP contribution in [0.4, 0.5) is 18.9 Å². The van der Waals surface area contributed by atoms with Crippen molar-refractivity contribution >= 4 is 5.69 Å². The molecule has 0 aliphatic heterocycles. The van der Waals surface area contributed by atoms with E-state index in [1.807, 2.05) is 0 Å². The van der Waals surface area contributed by atoms with Crippen molar-refractivity contribution in [1.29, 1.82) is 5.26 Å². The fraction of sp³-hybridized carbons (Fsp3) is 0.462. The van der Waals surface area contributed by atoms with E-state index < -0.39 is 11.7 Å². The zero-order valence-electron chi connectivity index (χ0n) is 9.67. The number of hydrogen-bond acceptors (Lipinski definition) is 2. The molecule has 0 bridgehead atoms. The molecular formula is C13H13F3N2. The van der Waals surface area contributed by atoms with Gasteiger partial charge in [-0.1, -0.05) is 12.1 Å². The number of anilines is 1. The lowest BCUT2D eigenvalue weighted by Crippen LogP contribution is -2.24. The second-order valence-electron chi connectivity index (χ2n) is 4.46. The van der Waals surface area contributed by atoms with Gasteiger partial charge < -0.3 is 5.32 Å². The fourth-order valence-electron chi connectivity index (χ4n) is 2.34. The Morgan fingerprint density at radius 3 is 2.61 bits per heavy atom. The minimum Gasteiger partial charge on any atom is -0.380 e. The summed E-state index contributed by atoms with van der Waals surface area (Å²) >= 11 is 0. The maximum Gasteiger partial charge on any atom is 0.418 e. The van der Waals surface area contributed by atoms with Gasteiger partial charge in [0.2, 0.25) is 0 Å². The van der Waals surface area contributed by atoms with Crippen LogP contribution in [0.3, 0.4) is 0 Å². The van der Waals surface area contributed by atoms with E-state index >= 15 is 0 Å². The van der Waals surface area contributed by atoms with Crippen LogP contribution < -0.4 is 5.32 Å². The van der Waals surface area contributed by atoms with Crippen molar-refractivity contribution in [3.05, 3.63) is 29.8 Å². The summed E-state index contributed by atoms with van der Waals surface area (Å²) in [6.07, 6.45) is -2.00. The van der Waals surface area contributed by atoms with Crippen molar-refractivity contribution in [3.8, 4) is 6.07 Å². The monoisotopic (exact) mass is 254 g/mol. The molecule has 0 radical (unpaired) electrons. The summed E-state index contributed by atoms with van der Waals surface area (Å²) < 4.78 is 38.4. The number of hydrogen-bond donors (Lipinski definition) is 1. The lowest BCUT2D eigenvalue weighted by Gasteiger charge is -2.20. The van der Waals surface area contributed by atoms with Crippen LogP contribution in [0, 0.1) is 17.2 Å². The summed E-state index contributed by atoms with van der Waals surface area (Å²) in [6.45, 7) is 0. The first-order valence-electron chi connectivity index (χ1n) is 5.85. The normalized spacial score (nSPS) is 23.7. The van der Waals surface area contributed by atoms with Crippen molar-refractivity contribution in [3.63, 3.8) is 0 Å². The first kappa shape index (κ1) is 12.7. The minimum atomic E-state index is -4.37. The molecule has 1 aliphatic rings. The van der Waals surface area contributed by atoms with Gasteiger partial charge in [0.1, 0.15) is 0 Å². The van der Waals surface area contributed by atoms with Crippen LogP contribution in [0.15, 0.2) is 24.3 Å². The second kappa shape index (κ2) is 4.89. The number of halogens is 3. The van der Waals surface area contributed by atoms with Crippen LogP contribution in [0.1, 0.15) is 24.8 Å². The molecule has 18 heavy (non-hydrogen) atoms. The van der Waals surface area contributed by atoms with Crippen LogP contribution in [0.5, 0.6) is 0 Å².